The number of rotatable bonds is 6. The van der Waals surface area contributed by atoms with Gasteiger partial charge in [-0.3, -0.25) is 0 Å². The van der Waals surface area contributed by atoms with Crippen LogP contribution in [0.5, 0.6) is 0 Å². The van der Waals surface area contributed by atoms with Crippen molar-refractivity contribution < 1.29 is 29.3 Å². The van der Waals surface area contributed by atoms with Gasteiger partial charge in [0.05, 0.1) is 36.4 Å². The second kappa shape index (κ2) is 6.85. The second-order valence-electron chi connectivity index (χ2n) is 8.89. The highest BCUT2D eigenvalue weighted by molar-refractivity contribution is 6.01. The molecule has 6 nitrogen and oxygen atoms in total. The monoisotopic (exact) mass is 384 g/mol. The lowest BCUT2D eigenvalue weighted by atomic mass is 9.78. The van der Waals surface area contributed by atoms with Crippen LogP contribution in [0.25, 0.3) is 0 Å². The van der Waals surface area contributed by atoms with Crippen LogP contribution in [0.4, 0.5) is 0 Å². The molecule has 0 amide bonds. The van der Waals surface area contributed by atoms with E-state index in [1.54, 1.807) is 6.07 Å². The molecule has 1 aromatic rings. The number of ether oxygens (including phenoxy) is 2. The van der Waals surface area contributed by atoms with Crippen molar-refractivity contribution in [2.45, 2.75) is 75.8 Å². The normalized spacial score (nSPS) is 35.6. The number of hydrogen-bond donors (Lipinski definition) is 0. The van der Waals surface area contributed by atoms with Crippen molar-refractivity contribution in [2.24, 2.45) is 11.8 Å². The molecule has 150 valence electrons. The minimum absolute atomic E-state index is 0.187. The van der Waals surface area contributed by atoms with E-state index >= 15 is 0 Å². The summed E-state index contributed by atoms with van der Waals surface area (Å²) < 4.78 is 11.2. The summed E-state index contributed by atoms with van der Waals surface area (Å²) in [6, 6.07) is 3.16. The minimum atomic E-state index is -1.46. The van der Waals surface area contributed by atoms with Crippen molar-refractivity contribution >= 4 is 11.9 Å². The number of fused-ring (bicyclic) bond motifs is 2. The van der Waals surface area contributed by atoms with Crippen LogP contribution in [0.15, 0.2) is 12.1 Å². The van der Waals surface area contributed by atoms with Crippen molar-refractivity contribution in [3.63, 3.8) is 0 Å². The lowest BCUT2D eigenvalue weighted by Crippen LogP contribution is -2.32. The van der Waals surface area contributed by atoms with Crippen molar-refractivity contribution in [3.8, 4) is 0 Å². The fraction of sp³-hybridized carbons (Fsp3) is 0.636. The Morgan fingerprint density at radius 2 is 1.43 bits per heavy atom. The zero-order valence-corrected chi connectivity index (χ0v) is 15.7. The molecule has 4 aliphatic rings. The molecule has 5 rings (SSSR count). The molecule has 2 heterocycles. The molecule has 4 fully saturated rings. The first kappa shape index (κ1) is 18.1. The first-order chi connectivity index (χ1) is 13.5. The Bertz CT molecular complexity index is 817. The maximum atomic E-state index is 11.9. The Morgan fingerprint density at radius 3 is 1.96 bits per heavy atom. The fourth-order valence-corrected chi connectivity index (χ4v) is 5.46. The van der Waals surface area contributed by atoms with E-state index in [-0.39, 0.29) is 11.1 Å². The number of aromatic carboxylic acids is 2. The number of epoxide rings is 2. The molecule has 2 aliphatic carbocycles. The molecule has 0 radical (unpaired) electrons. The summed E-state index contributed by atoms with van der Waals surface area (Å²) in [5.74, 6) is -2.15. The van der Waals surface area contributed by atoms with E-state index < -0.39 is 11.9 Å². The van der Waals surface area contributed by atoms with Gasteiger partial charge in [-0.15, -0.1) is 0 Å². The molecule has 0 N–H and O–H groups in total. The zero-order chi connectivity index (χ0) is 19.4. The van der Waals surface area contributed by atoms with Crippen LogP contribution in [0.1, 0.15) is 70.4 Å². The molecular weight excluding hydrogens is 360 g/mol. The van der Waals surface area contributed by atoms with Gasteiger partial charge >= 0.3 is 0 Å². The average Bonchev–Trinajstić information content (AvgIpc) is 3.56. The number of carboxylic acids is 2. The predicted molar refractivity (Wildman–Crippen MR) is 94.5 cm³/mol. The molecule has 6 unspecified atom stereocenters. The van der Waals surface area contributed by atoms with E-state index in [9.17, 15) is 19.8 Å². The smallest absolute Gasteiger partial charge is 0.0844 e. The van der Waals surface area contributed by atoms with E-state index in [1.807, 2.05) is 0 Å². The molecule has 2 saturated heterocycles. The summed E-state index contributed by atoms with van der Waals surface area (Å²) in [5.41, 5.74) is 1.11. The van der Waals surface area contributed by atoms with Gasteiger partial charge in [0.15, 0.2) is 0 Å². The van der Waals surface area contributed by atoms with Crippen LogP contribution in [0.3, 0.4) is 0 Å². The number of carboxylic acid groups (broad SMARTS) is 2. The van der Waals surface area contributed by atoms with Crippen LogP contribution in [0, 0.1) is 11.8 Å². The van der Waals surface area contributed by atoms with Gasteiger partial charge in [-0.2, -0.15) is 0 Å². The van der Waals surface area contributed by atoms with E-state index in [4.69, 9.17) is 9.47 Å². The van der Waals surface area contributed by atoms with E-state index in [2.05, 4.69) is 0 Å². The topological polar surface area (TPSA) is 105 Å². The molecule has 6 atom stereocenters. The number of hydrogen-bond acceptors (Lipinski definition) is 6. The highest BCUT2D eigenvalue weighted by Crippen LogP contribution is 2.43. The van der Waals surface area contributed by atoms with Gasteiger partial charge in [0.2, 0.25) is 0 Å². The maximum Gasteiger partial charge on any atom is 0.0844 e. The van der Waals surface area contributed by atoms with Crippen LogP contribution < -0.4 is 10.2 Å². The van der Waals surface area contributed by atoms with E-state index in [0.717, 1.165) is 50.5 Å². The van der Waals surface area contributed by atoms with E-state index in [1.165, 1.54) is 6.07 Å². The molecule has 2 saturated carbocycles. The first-order valence-corrected chi connectivity index (χ1v) is 10.4. The number of benzene rings is 1. The molecule has 28 heavy (non-hydrogen) atoms. The molecule has 6 heteroatoms. The van der Waals surface area contributed by atoms with Crippen LogP contribution in [-0.2, 0) is 22.3 Å². The summed E-state index contributed by atoms with van der Waals surface area (Å²) in [5, 5.41) is 23.5. The fourth-order valence-electron chi connectivity index (χ4n) is 5.46. The Morgan fingerprint density at radius 1 is 0.821 bits per heavy atom. The highest BCUT2D eigenvalue weighted by atomic mass is 16.6. The largest absolute Gasteiger partial charge is 0.545 e. The summed E-state index contributed by atoms with van der Waals surface area (Å²) in [6.45, 7) is 0. The number of carbonyl (C=O) groups is 2. The Balaban J connectivity index is 1.46. The maximum absolute atomic E-state index is 11.9. The van der Waals surface area contributed by atoms with Crippen molar-refractivity contribution in [1.29, 1.82) is 0 Å². The quantitative estimate of drug-likeness (QED) is 0.666. The minimum Gasteiger partial charge on any atom is -0.545 e. The molecule has 0 aromatic heterocycles. The van der Waals surface area contributed by atoms with Gasteiger partial charge in [-0.1, -0.05) is 12.1 Å². The third-order valence-corrected chi connectivity index (χ3v) is 7.06. The summed E-state index contributed by atoms with van der Waals surface area (Å²) in [4.78, 5) is 23.5. The second-order valence-corrected chi connectivity index (χ2v) is 8.89. The zero-order valence-electron chi connectivity index (χ0n) is 15.7. The molecule has 1 aromatic carbocycles. The molecule has 2 aliphatic heterocycles. The van der Waals surface area contributed by atoms with Gasteiger partial charge < -0.3 is 29.3 Å². The lowest BCUT2D eigenvalue weighted by Gasteiger charge is -2.27. The van der Waals surface area contributed by atoms with Gasteiger partial charge in [-0.05, 0) is 74.3 Å². The van der Waals surface area contributed by atoms with Gasteiger partial charge in [0.25, 0.3) is 0 Å². The summed E-state index contributed by atoms with van der Waals surface area (Å²) >= 11 is 0. The summed E-state index contributed by atoms with van der Waals surface area (Å²) in [7, 11) is 0. The summed E-state index contributed by atoms with van der Waals surface area (Å²) in [6.07, 6.45) is 8.74. The van der Waals surface area contributed by atoms with Crippen LogP contribution in [-0.4, -0.2) is 36.4 Å². The number of carbonyl (C=O) groups excluding carboxylic acids is 2. The van der Waals surface area contributed by atoms with Gasteiger partial charge in [0.1, 0.15) is 0 Å². The van der Waals surface area contributed by atoms with Gasteiger partial charge in [-0.25, -0.2) is 0 Å². The van der Waals surface area contributed by atoms with Crippen molar-refractivity contribution in [3.05, 3.63) is 34.4 Å². The third kappa shape index (κ3) is 3.44. The van der Waals surface area contributed by atoms with E-state index in [0.29, 0.717) is 48.2 Å². The third-order valence-electron chi connectivity index (χ3n) is 7.06. The predicted octanol–water partition coefficient (Wildman–Crippen LogP) is 0.634. The lowest BCUT2D eigenvalue weighted by molar-refractivity contribution is -0.259. The highest BCUT2D eigenvalue weighted by Gasteiger charge is 2.45. The van der Waals surface area contributed by atoms with Gasteiger partial charge in [0, 0.05) is 11.1 Å². The first-order valence-electron chi connectivity index (χ1n) is 10.4. The van der Waals surface area contributed by atoms with Crippen LogP contribution >= 0.6 is 0 Å². The SMILES string of the molecule is O=C([O-])c1ccc(CC2CCC3OC3C2)c(CC2CCC3OC3C2)c1C(=O)[O-]. The van der Waals surface area contributed by atoms with Crippen molar-refractivity contribution in [1.82, 2.24) is 0 Å². The molecule has 0 spiro atoms. The average molecular weight is 384 g/mol. The Kier molecular flexibility index (Phi) is 4.43. The Hall–Kier alpha value is -1.92. The Labute approximate surface area is 163 Å². The van der Waals surface area contributed by atoms with Crippen molar-refractivity contribution in [2.75, 3.05) is 0 Å². The van der Waals surface area contributed by atoms with Crippen LogP contribution in [0.2, 0.25) is 0 Å². The molecular formula is C22H24O6-2. The molecule has 0 bridgehead atoms. The standard InChI is InChI=1S/C22H26O6/c23-21(24)14-4-3-13(7-11-1-5-16-18(9-11)27-16)15(20(14)22(25)26)8-12-2-6-17-19(10-12)28-17/h3-4,11-12,16-19H,1-2,5-10H2,(H,23,24)(H,25,26)/p-2.